The van der Waals surface area contributed by atoms with E-state index in [1.165, 1.54) is 85.1 Å². The fraction of sp³-hybridized carbons (Fsp3) is 0.400. The first-order valence-corrected chi connectivity index (χ1v) is 22.2. The minimum absolute atomic E-state index is 0.219. The molecule has 0 bridgehead atoms. The molecular formula is C40H44Br2F4N4Ni-4. The van der Waals surface area contributed by atoms with E-state index >= 15 is 0 Å². The van der Waals surface area contributed by atoms with Gasteiger partial charge in [0.05, 0.1) is 0 Å². The first-order chi connectivity index (χ1) is 24.8. The number of nitrogens with zero attached hydrogens (tertiary/aromatic N) is 4. The average Bonchev–Trinajstić information content (AvgIpc) is 3.15. The Bertz CT molecular complexity index is 1290. The molecule has 0 saturated heterocycles. The van der Waals surface area contributed by atoms with Crippen LogP contribution in [0.1, 0.15) is 73.6 Å². The Kier molecular flexibility index (Phi) is 19.2. The quantitative estimate of drug-likeness (QED) is 0.101. The van der Waals surface area contributed by atoms with Gasteiger partial charge in [-0.25, -0.2) is 17.6 Å². The van der Waals surface area contributed by atoms with E-state index in [1.54, 1.807) is 48.5 Å². The molecule has 2 saturated carbocycles. The molecule has 0 N–H and O–H groups in total. The summed E-state index contributed by atoms with van der Waals surface area (Å²) in [7, 11) is 1.25. The third kappa shape index (κ3) is 15.8. The Hall–Kier alpha value is -2.11. The van der Waals surface area contributed by atoms with Crippen molar-refractivity contribution in [3.63, 3.8) is 0 Å². The maximum absolute atomic E-state index is 13.0. The van der Waals surface area contributed by atoms with Gasteiger partial charge in [-0.3, -0.25) is 0 Å². The van der Waals surface area contributed by atoms with E-state index in [0.29, 0.717) is 26.2 Å². The van der Waals surface area contributed by atoms with Crippen LogP contribution in [0.3, 0.4) is 0 Å². The van der Waals surface area contributed by atoms with Crippen molar-refractivity contribution in [3.05, 3.63) is 164 Å². The van der Waals surface area contributed by atoms with E-state index < -0.39 is 0 Å². The number of hydrogen-bond donors (Lipinski definition) is 0. The van der Waals surface area contributed by atoms with Crippen LogP contribution >= 0.6 is 28.5 Å². The van der Waals surface area contributed by atoms with Gasteiger partial charge >= 0.3 is 39.3 Å². The Morgan fingerprint density at radius 1 is 0.392 bits per heavy atom. The molecule has 2 aliphatic rings. The van der Waals surface area contributed by atoms with Crippen LogP contribution in [-0.4, -0.2) is 24.2 Å². The van der Waals surface area contributed by atoms with Crippen LogP contribution in [0.4, 0.5) is 17.6 Å². The van der Waals surface area contributed by atoms with Gasteiger partial charge in [-0.2, -0.15) is 24.2 Å². The summed E-state index contributed by atoms with van der Waals surface area (Å²) in [5.41, 5.74) is 4.11. The van der Waals surface area contributed by atoms with Gasteiger partial charge < -0.3 is 21.3 Å². The minimum atomic E-state index is -0.219. The molecule has 0 heterocycles. The molecule has 4 nitrogen and oxygen atoms in total. The number of benzene rings is 4. The molecule has 4 atom stereocenters. The molecule has 0 aromatic heterocycles. The molecule has 0 radical (unpaired) electrons. The standard InChI is InChI=1S/2C20H22F2N2.2BrH.Ni/c2*21-17-9-5-15(6-10-17)13-23-19-3-1-2-4-20(19)24-14-16-7-11-18(22)12-8-16;;;/h2*5-12,19-20H,1-4,13-14H2;2*1H;/q2*-2;;;+2/p-2/t2*19-,20-;;;/m11.../s1. The SMILES string of the molecule is Fc1ccc(C[N-][C@@H]2CCCC[C@H]2[N-]Cc2ccc(F)cc2)cc1.Fc1ccc(C[N-][C@@H]2CCCC[C@H]2[N-]Cc2ccc(F)cc2)cc1.[Br][Ni][Br]. The Morgan fingerprint density at radius 2 is 0.569 bits per heavy atom. The van der Waals surface area contributed by atoms with Crippen molar-refractivity contribution < 1.29 is 28.5 Å². The Labute approximate surface area is 320 Å². The van der Waals surface area contributed by atoms with Crippen LogP contribution < -0.4 is 0 Å². The fourth-order valence-corrected chi connectivity index (χ4v) is 6.29. The molecule has 0 spiro atoms. The summed E-state index contributed by atoms with van der Waals surface area (Å²) in [6.45, 7) is 2.42. The summed E-state index contributed by atoms with van der Waals surface area (Å²) in [6.07, 6.45) is 8.94. The summed E-state index contributed by atoms with van der Waals surface area (Å²) >= 11 is 6.00. The zero-order chi connectivity index (χ0) is 36.3. The summed E-state index contributed by atoms with van der Waals surface area (Å²) in [6, 6.07) is 27.0. The van der Waals surface area contributed by atoms with Gasteiger partial charge in [0.25, 0.3) is 0 Å². The van der Waals surface area contributed by atoms with Gasteiger partial charge in [0, 0.05) is 0 Å². The molecule has 11 heteroatoms. The van der Waals surface area contributed by atoms with Gasteiger partial charge in [-0.15, -0.1) is 26.2 Å². The van der Waals surface area contributed by atoms with Gasteiger partial charge in [0.15, 0.2) is 0 Å². The molecule has 51 heavy (non-hydrogen) atoms. The van der Waals surface area contributed by atoms with Crippen LogP contribution in [0.15, 0.2) is 97.1 Å². The molecule has 280 valence electrons. The fourth-order valence-electron chi connectivity index (χ4n) is 6.29. The molecular weight excluding hydrogens is 831 g/mol. The second-order valence-corrected chi connectivity index (χ2v) is 17.7. The molecule has 0 aliphatic heterocycles. The van der Waals surface area contributed by atoms with Crippen molar-refractivity contribution in [2.24, 2.45) is 0 Å². The average molecular weight is 875 g/mol. The van der Waals surface area contributed by atoms with E-state index in [4.69, 9.17) is 21.3 Å². The van der Waals surface area contributed by atoms with Crippen LogP contribution in [0.25, 0.3) is 21.3 Å². The zero-order valence-electron chi connectivity index (χ0n) is 28.4. The normalized spacial score (nSPS) is 20.1. The number of hydrogen-bond acceptors (Lipinski definition) is 0. The second kappa shape index (κ2) is 23.5. The third-order valence-corrected chi connectivity index (χ3v) is 9.07. The molecule has 0 unspecified atom stereocenters. The van der Waals surface area contributed by atoms with E-state index in [-0.39, 0.29) is 47.4 Å². The van der Waals surface area contributed by atoms with E-state index in [0.717, 1.165) is 47.9 Å². The zero-order valence-corrected chi connectivity index (χ0v) is 32.6. The van der Waals surface area contributed by atoms with Crippen LogP contribution in [0, 0.1) is 23.3 Å². The van der Waals surface area contributed by atoms with Gasteiger partial charge in [-0.1, -0.05) is 122 Å². The molecule has 2 aliphatic carbocycles. The van der Waals surface area contributed by atoms with Gasteiger partial charge in [0.1, 0.15) is 23.3 Å². The molecule has 4 aromatic carbocycles. The Balaban J connectivity index is 0.000000212. The van der Waals surface area contributed by atoms with Crippen molar-refractivity contribution in [2.45, 2.75) is 102 Å². The topological polar surface area (TPSA) is 56.4 Å². The molecule has 2 fully saturated rings. The number of halogens is 6. The first kappa shape index (κ1) is 41.6. The summed E-state index contributed by atoms with van der Waals surface area (Å²) in [5.74, 6) is -0.876. The molecule has 6 rings (SSSR count). The molecule has 4 aromatic rings. The van der Waals surface area contributed by atoms with E-state index in [2.05, 4.69) is 28.5 Å². The molecule has 0 amide bonds. The summed E-state index contributed by atoms with van der Waals surface area (Å²) in [4.78, 5) is 0. The second-order valence-electron chi connectivity index (χ2n) is 12.8. The van der Waals surface area contributed by atoms with Gasteiger partial charge in [-0.05, 0) is 48.5 Å². The van der Waals surface area contributed by atoms with Crippen LogP contribution in [-0.2, 0) is 37.1 Å². The Morgan fingerprint density at radius 3 is 0.745 bits per heavy atom. The van der Waals surface area contributed by atoms with E-state index in [1.807, 2.05) is 0 Å². The number of rotatable bonds is 12. The van der Waals surface area contributed by atoms with Crippen molar-refractivity contribution in [1.29, 1.82) is 0 Å². The first-order valence-electron chi connectivity index (χ1n) is 17.3. The van der Waals surface area contributed by atoms with E-state index in [9.17, 15) is 17.6 Å². The summed E-state index contributed by atoms with van der Waals surface area (Å²) < 4.78 is 51.8. The van der Waals surface area contributed by atoms with Crippen molar-refractivity contribution in [2.75, 3.05) is 0 Å². The van der Waals surface area contributed by atoms with Gasteiger partial charge in [0.2, 0.25) is 0 Å². The van der Waals surface area contributed by atoms with Crippen LogP contribution in [0.2, 0.25) is 0 Å². The maximum atomic E-state index is 13.0. The van der Waals surface area contributed by atoms with Crippen molar-refractivity contribution in [3.8, 4) is 0 Å². The van der Waals surface area contributed by atoms with Crippen LogP contribution in [0.5, 0.6) is 0 Å². The van der Waals surface area contributed by atoms with Crippen molar-refractivity contribution >= 4 is 28.5 Å². The third-order valence-electron chi connectivity index (χ3n) is 9.07. The predicted octanol–water partition coefficient (Wildman–Crippen LogP) is 13.1. The summed E-state index contributed by atoms with van der Waals surface area (Å²) in [5, 5.41) is 19.3. The monoisotopic (exact) mass is 872 g/mol. The predicted molar refractivity (Wildman–Crippen MR) is 204 cm³/mol. The van der Waals surface area contributed by atoms with Crippen molar-refractivity contribution in [1.82, 2.24) is 0 Å².